The molecule has 1 fully saturated rings. The predicted octanol–water partition coefficient (Wildman–Crippen LogP) is 1.12. The number of hydrogen-bond acceptors (Lipinski definition) is 4. The highest BCUT2D eigenvalue weighted by Crippen LogP contribution is 2.25. The van der Waals surface area contributed by atoms with Gasteiger partial charge >= 0.3 is 0 Å². The Bertz CT molecular complexity index is 772. The number of pyridine rings is 1. The van der Waals surface area contributed by atoms with Gasteiger partial charge in [0.1, 0.15) is 0 Å². The molecule has 2 atom stereocenters. The van der Waals surface area contributed by atoms with Crippen LogP contribution in [-0.2, 0) is 16.0 Å². The molecular weight excluding hydrogens is 318 g/mol. The van der Waals surface area contributed by atoms with Crippen molar-refractivity contribution in [1.29, 1.82) is 0 Å². The number of nitrogens with one attached hydrogen (secondary N) is 1. The minimum atomic E-state index is -0.531. The Morgan fingerprint density at radius 3 is 2.88 bits per heavy atom. The molecule has 2 heterocycles. The number of aliphatic hydroxyl groups excluding tert-OH is 1. The number of carbonyl (C=O) groups excluding carboxylic acids is 2. The maximum atomic E-state index is 12.2. The van der Waals surface area contributed by atoms with Crippen LogP contribution in [0, 0.1) is 5.92 Å². The topological polar surface area (TPSA) is 82.5 Å². The maximum Gasteiger partial charge on any atom is 0.224 e. The molecule has 1 aromatic heterocycles. The Morgan fingerprint density at radius 1 is 1.28 bits per heavy atom. The summed E-state index contributed by atoms with van der Waals surface area (Å²) in [6.07, 6.45) is 2.23. The van der Waals surface area contributed by atoms with Crippen LogP contribution in [0.1, 0.15) is 18.9 Å². The van der Waals surface area contributed by atoms with E-state index in [1.165, 1.54) is 6.92 Å². The number of benzene rings is 1. The summed E-state index contributed by atoms with van der Waals surface area (Å²) in [5.41, 5.74) is 2.08. The van der Waals surface area contributed by atoms with Crippen LogP contribution in [0.4, 0.5) is 0 Å². The first-order valence-electron chi connectivity index (χ1n) is 8.57. The van der Waals surface area contributed by atoms with Crippen LogP contribution in [-0.4, -0.2) is 52.5 Å². The lowest BCUT2D eigenvalue weighted by Gasteiger charge is -2.16. The molecule has 0 aliphatic carbocycles. The van der Waals surface area contributed by atoms with E-state index in [9.17, 15) is 14.7 Å². The van der Waals surface area contributed by atoms with Gasteiger partial charge in [-0.05, 0) is 24.1 Å². The zero-order valence-corrected chi connectivity index (χ0v) is 14.3. The lowest BCUT2D eigenvalue weighted by Crippen LogP contribution is -2.33. The first kappa shape index (κ1) is 17.4. The fourth-order valence-electron chi connectivity index (χ4n) is 3.38. The quantitative estimate of drug-likeness (QED) is 0.854. The molecule has 2 aromatic rings. The second kappa shape index (κ2) is 7.61. The number of aliphatic hydroxyl groups is 1. The molecule has 6 nitrogen and oxygen atoms in total. The van der Waals surface area contributed by atoms with Gasteiger partial charge < -0.3 is 15.3 Å². The first-order chi connectivity index (χ1) is 12.0. The van der Waals surface area contributed by atoms with E-state index in [1.54, 1.807) is 11.1 Å². The molecule has 2 unspecified atom stereocenters. The summed E-state index contributed by atoms with van der Waals surface area (Å²) in [5.74, 6) is -0.165. The highest BCUT2D eigenvalue weighted by molar-refractivity contribution is 5.82. The van der Waals surface area contributed by atoms with Crippen molar-refractivity contribution in [2.24, 2.45) is 5.92 Å². The Hall–Kier alpha value is -2.47. The third-order valence-electron chi connectivity index (χ3n) is 4.69. The predicted molar refractivity (Wildman–Crippen MR) is 94.8 cm³/mol. The molecule has 6 heteroatoms. The van der Waals surface area contributed by atoms with Gasteiger partial charge in [0.05, 0.1) is 11.6 Å². The third-order valence-corrected chi connectivity index (χ3v) is 4.69. The van der Waals surface area contributed by atoms with Crippen molar-refractivity contribution in [1.82, 2.24) is 15.2 Å². The van der Waals surface area contributed by atoms with Crippen LogP contribution < -0.4 is 5.32 Å². The van der Waals surface area contributed by atoms with Gasteiger partial charge in [0.2, 0.25) is 11.8 Å². The molecule has 1 aliphatic rings. The second-order valence-electron chi connectivity index (χ2n) is 6.55. The maximum absolute atomic E-state index is 12.2. The monoisotopic (exact) mass is 341 g/mol. The molecule has 1 aliphatic heterocycles. The van der Waals surface area contributed by atoms with E-state index < -0.39 is 6.10 Å². The molecule has 2 N–H and O–H groups in total. The van der Waals surface area contributed by atoms with Gasteiger partial charge in [-0.1, -0.05) is 18.2 Å². The number of aromatic nitrogens is 1. The number of para-hydroxylation sites is 1. The molecular formula is C19H23N3O3. The summed E-state index contributed by atoms with van der Waals surface area (Å²) < 4.78 is 0. The standard InChI is InChI=1S/C19H23N3O3/c1-13(23)20-9-7-19(25)22-11-15(18(24)12-22)10-14-6-8-21-17-5-3-2-4-16(14)17/h2-6,8,15,18,24H,7,9-12H2,1H3,(H,20,23). The zero-order valence-electron chi connectivity index (χ0n) is 14.3. The van der Waals surface area contributed by atoms with Crippen molar-refractivity contribution in [2.75, 3.05) is 19.6 Å². The van der Waals surface area contributed by atoms with E-state index in [0.717, 1.165) is 16.5 Å². The Labute approximate surface area is 146 Å². The summed E-state index contributed by atoms with van der Waals surface area (Å²) in [6.45, 7) is 2.66. The smallest absolute Gasteiger partial charge is 0.224 e. The summed E-state index contributed by atoms with van der Waals surface area (Å²) in [7, 11) is 0. The Balaban J connectivity index is 1.64. The molecule has 1 saturated heterocycles. The number of rotatable bonds is 5. The van der Waals surface area contributed by atoms with E-state index >= 15 is 0 Å². The summed E-state index contributed by atoms with van der Waals surface area (Å²) in [6, 6.07) is 9.93. The van der Waals surface area contributed by atoms with Gasteiger partial charge in [-0.25, -0.2) is 0 Å². The summed E-state index contributed by atoms with van der Waals surface area (Å²) in [5, 5.41) is 14.1. The van der Waals surface area contributed by atoms with Crippen molar-refractivity contribution in [2.45, 2.75) is 25.9 Å². The molecule has 0 saturated carbocycles. The number of β-amino-alcohol motifs (C(OH)–C–C–N with tert-alkyl or cyclic N) is 1. The summed E-state index contributed by atoms with van der Waals surface area (Å²) >= 11 is 0. The first-order valence-corrected chi connectivity index (χ1v) is 8.57. The van der Waals surface area contributed by atoms with E-state index in [2.05, 4.69) is 10.3 Å². The number of nitrogens with zero attached hydrogens (tertiary/aromatic N) is 2. The summed E-state index contributed by atoms with van der Waals surface area (Å²) in [4.78, 5) is 29.2. The lowest BCUT2D eigenvalue weighted by molar-refractivity contribution is -0.130. The molecule has 25 heavy (non-hydrogen) atoms. The molecule has 0 spiro atoms. The van der Waals surface area contributed by atoms with Crippen molar-refractivity contribution >= 4 is 22.7 Å². The van der Waals surface area contributed by atoms with E-state index in [0.29, 0.717) is 26.1 Å². The van der Waals surface area contributed by atoms with Gasteiger partial charge in [0.25, 0.3) is 0 Å². The average molecular weight is 341 g/mol. The molecule has 3 rings (SSSR count). The minimum absolute atomic E-state index is 0.00974. The van der Waals surface area contributed by atoms with Crippen LogP contribution in [0.2, 0.25) is 0 Å². The van der Waals surface area contributed by atoms with Crippen molar-refractivity contribution in [3.63, 3.8) is 0 Å². The number of carbonyl (C=O) groups is 2. The molecule has 1 aromatic carbocycles. The molecule has 132 valence electrons. The fourth-order valence-corrected chi connectivity index (χ4v) is 3.38. The van der Waals surface area contributed by atoms with Gasteiger partial charge in [0.15, 0.2) is 0 Å². The van der Waals surface area contributed by atoms with E-state index in [4.69, 9.17) is 0 Å². The third kappa shape index (κ3) is 4.14. The number of hydrogen-bond donors (Lipinski definition) is 2. The van der Waals surface area contributed by atoms with Gasteiger partial charge in [0, 0.05) is 50.5 Å². The van der Waals surface area contributed by atoms with Gasteiger partial charge in [-0.2, -0.15) is 0 Å². The van der Waals surface area contributed by atoms with Crippen LogP contribution >= 0.6 is 0 Å². The van der Waals surface area contributed by atoms with Crippen LogP contribution in [0.25, 0.3) is 10.9 Å². The van der Waals surface area contributed by atoms with Crippen molar-refractivity contribution < 1.29 is 14.7 Å². The van der Waals surface area contributed by atoms with Gasteiger partial charge in [-0.15, -0.1) is 0 Å². The van der Waals surface area contributed by atoms with E-state index in [-0.39, 0.29) is 24.2 Å². The highest BCUT2D eigenvalue weighted by Gasteiger charge is 2.33. The Kier molecular flexibility index (Phi) is 5.28. The zero-order chi connectivity index (χ0) is 17.8. The molecule has 2 amide bonds. The van der Waals surface area contributed by atoms with Crippen molar-refractivity contribution in [3.8, 4) is 0 Å². The van der Waals surface area contributed by atoms with E-state index in [1.807, 2.05) is 30.3 Å². The normalized spacial score (nSPS) is 20.0. The number of fused-ring (bicyclic) bond motifs is 1. The number of likely N-dealkylation sites (tertiary alicyclic amines) is 1. The minimum Gasteiger partial charge on any atom is -0.391 e. The highest BCUT2D eigenvalue weighted by atomic mass is 16.3. The Morgan fingerprint density at radius 2 is 2.08 bits per heavy atom. The lowest BCUT2D eigenvalue weighted by atomic mass is 9.94. The number of amides is 2. The second-order valence-corrected chi connectivity index (χ2v) is 6.55. The average Bonchev–Trinajstić information content (AvgIpc) is 2.96. The fraction of sp³-hybridized carbons (Fsp3) is 0.421. The van der Waals surface area contributed by atoms with Gasteiger partial charge in [-0.3, -0.25) is 14.6 Å². The SMILES string of the molecule is CC(=O)NCCC(=O)N1CC(O)C(Cc2ccnc3ccccc23)C1. The van der Waals surface area contributed by atoms with Crippen LogP contribution in [0.3, 0.4) is 0 Å². The van der Waals surface area contributed by atoms with Crippen LogP contribution in [0.15, 0.2) is 36.5 Å². The largest absolute Gasteiger partial charge is 0.391 e. The molecule has 0 bridgehead atoms. The van der Waals surface area contributed by atoms with Crippen LogP contribution in [0.5, 0.6) is 0 Å². The molecule has 0 radical (unpaired) electrons. The van der Waals surface area contributed by atoms with Crippen molar-refractivity contribution in [3.05, 3.63) is 42.1 Å².